The Labute approximate surface area is 126 Å². The third-order valence-electron chi connectivity index (χ3n) is 3.40. The molecule has 8 heteroatoms. The number of aromatic nitrogens is 1. The van der Waals surface area contributed by atoms with Gasteiger partial charge in [0, 0.05) is 24.4 Å². The van der Waals surface area contributed by atoms with Gasteiger partial charge in [0.15, 0.2) is 0 Å². The third kappa shape index (κ3) is 2.67. The van der Waals surface area contributed by atoms with Gasteiger partial charge in [-0.05, 0) is 12.5 Å². The number of rotatable bonds is 5. The predicted molar refractivity (Wildman–Crippen MR) is 74.3 cm³/mol. The molecule has 0 spiro atoms. The van der Waals surface area contributed by atoms with E-state index in [1.807, 2.05) is 0 Å². The summed E-state index contributed by atoms with van der Waals surface area (Å²) in [5, 5.41) is 8.10. The van der Waals surface area contributed by atoms with Crippen molar-refractivity contribution in [2.24, 2.45) is 0 Å². The van der Waals surface area contributed by atoms with Crippen molar-refractivity contribution in [1.82, 2.24) is 9.88 Å². The van der Waals surface area contributed by atoms with Gasteiger partial charge in [-0.3, -0.25) is 24.9 Å². The molecular formula is C14H15N3O5. The molecule has 0 saturated heterocycles. The highest BCUT2D eigenvalue weighted by atomic mass is 16.5. The highest BCUT2D eigenvalue weighted by Gasteiger charge is 2.41. The monoisotopic (exact) mass is 305 g/mol. The van der Waals surface area contributed by atoms with Crippen LogP contribution in [0.3, 0.4) is 0 Å². The van der Waals surface area contributed by atoms with E-state index in [-0.39, 0.29) is 24.2 Å². The molecule has 0 aromatic carbocycles. The van der Waals surface area contributed by atoms with Crippen molar-refractivity contribution in [2.45, 2.75) is 18.9 Å². The maximum Gasteiger partial charge on any atom is 0.329 e. The van der Waals surface area contributed by atoms with Gasteiger partial charge in [0.25, 0.3) is 5.91 Å². The summed E-state index contributed by atoms with van der Waals surface area (Å²) in [5.41, 5.74) is 0.645. The lowest BCUT2D eigenvalue weighted by Crippen LogP contribution is -2.45. The molecule has 1 N–H and O–H groups in total. The molecule has 1 amide bonds. The second-order valence-electron chi connectivity index (χ2n) is 4.60. The molecule has 0 unspecified atom stereocenters. The first-order valence-electron chi connectivity index (χ1n) is 6.52. The zero-order valence-electron chi connectivity index (χ0n) is 12.2. The summed E-state index contributed by atoms with van der Waals surface area (Å²) in [6, 6.07) is 0.473. The van der Waals surface area contributed by atoms with Gasteiger partial charge in [-0.15, -0.1) is 0 Å². The van der Waals surface area contributed by atoms with Gasteiger partial charge < -0.3 is 9.47 Å². The zero-order valence-corrected chi connectivity index (χ0v) is 12.2. The number of ether oxygens (including phenoxy) is 2. The van der Waals surface area contributed by atoms with Gasteiger partial charge in [0.2, 0.25) is 0 Å². The van der Waals surface area contributed by atoms with Crippen molar-refractivity contribution in [3.8, 4) is 0 Å². The Bertz CT molecular complexity index is 608. The van der Waals surface area contributed by atoms with Crippen LogP contribution in [0.15, 0.2) is 18.5 Å². The average molecular weight is 305 g/mol. The Kier molecular flexibility index (Phi) is 4.50. The quantitative estimate of drug-likeness (QED) is 0.786. The second-order valence-corrected chi connectivity index (χ2v) is 4.60. The molecule has 1 aliphatic rings. The van der Waals surface area contributed by atoms with Crippen LogP contribution in [-0.4, -0.2) is 53.8 Å². The summed E-state index contributed by atoms with van der Waals surface area (Å²) < 4.78 is 9.22. The zero-order chi connectivity index (χ0) is 16.3. The standard InChI is InChI=1S/C14H15N3O5/c1-21-11(18)4-3-10(14(20)22-2)17-12(15)8-5-6-16-7-9(8)13(17)19/h5-7,10,15H,3-4H2,1-2H3/t10-/m0/s1. The van der Waals surface area contributed by atoms with Crippen molar-refractivity contribution in [1.29, 1.82) is 5.41 Å². The topological polar surface area (TPSA) is 110 Å². The van der Waals surface area contributed by atoms with Crippen LogP contribution in [0.5, 0.6) is 0 Å². The lowest BCUT2D eigenvalue weighted by Gasteiger charge is -2.25. The lowest BCUT2D eigenvalue weighted by atomic mass is 10.1. The summed E-state index contributed by atoms with van der Waals surface area (Å²) in [6.45, 7) is 0. The Morgan fingerprint density at radius 1 is 1.32 bits per heavy atom. The molecule has 0 bridgehead atoms. The minimum absolute atomic E-state index is 0.00881. The van der Waals surface area contributed by atoms with Crippen molar-refractivity contribution in [3.63, 3.8) is 0 Å². The number of hydrogen-bond donors (Lipinski definition) is 1. The van der Waals surface area contributed by atoms with E-state index in [0.29, 0.717) is 5.56 Å². The van der Waals surface area contributed by atoms with E-state index in [2.05, 4.69) is 14.5 Å². The number of esters is 2. The minimum Gasteiger partial charge on any atom is -0.469 e. The first kappa shape index (κ1) is 15.6. The summed E-state index contributed by atoms with van der Waals surface area (Å²) in [7, 11) is 2.42. The number of hydrogen-bond acceptors (Lipinski definition) is 7. The van der Waals surface area contributed by atoms with Gasteiger partial charge in [-0.25, -0.2) is 4.79 Å². The van der Waals surface area contributed by atoms with Crippen LogP contribution >= 0.6 is 0 Å². The highest BCUT2D eigenvalue weighted by Crippen LogP contribution is 2.25. The number of nitrogens with zero attached hydrogens (tertiary/aromatic N) is 2. The number of fused-ring (bicyclic) bond motifs is 1. The van der Waals surface area contributed by atoms with Crippen LogP contribution in [0.1, 0.15) is 28.8 Å². The largest absolute Gasteiger partial charge is 0.469 e. The van der Waals surface area contributed by atoms with Crippen molar-refractivity contribution >= 4 is 23.7 Å². The Morgan fingerprint density at radius 2 is 2.05 bits per heavy atom. The van der Waals surface area contributed by atoms with Gasteiger partial charge in [0.1, 0.15) is 11.9 Å². The third-order valence-corrected chi connectivity index (χ3v) is 3.40. The molecule has 22 heavy (non-hydrogen) atoms. The first-order valence-corrected chi connectivity index (χ1v) is 6.52. The maximum atomic E-state index is 12.4. The molecular weight excluding hydrogens is 290 g/mol. The molecule has 0 aliphatic carbocycles. The van der Waals surface area contributed by atoms with E-state index >= 15 is 0 Å². The number of amides is 1. The van der Waals surface area contributed by atoms with Gasteiger partial charge in [0.05, 0.1) is 19.8 Å². The molecule has 1 aromatic rings. The molecule has 0 fully saturated rings. The first-order chi connectivity index (χ1) is 10.5. The van der Waals surface area contributed by atoms with Gasteiger partial charge >= 0.3 is 11.9 Å². The molecule has 1 aromatic heterocycles. The van der Waals surface area contributed by atoms with Crippen LogP contribution in [-0.2, 0) is 19.1 Å². The maximum absolute atomic E-state index is 12.4. The number of nitrogens with one attached hydrogen (secondary N) is 1. The van der Waals surface area contributed by atoms with E-state index in [1.165, 1.54) is 32.7 Å². The van der Waals surface area contributed by atoms with E-state index < -0.39 is 23.9 Å². The number of pyridine rings is 1. The van der Waals surface area contributed by atoms with Crippen molar-refractivity contribution in [2.75, 3.05) is 14.2 Å². The molecule has 1 aliphatic heterocycles. The molecule has 8 nitrogen and oxygen atoms in total. The molecule has 2 heterocycles. The minimum atomic E-state index is -1.06. The summed E-state index contributed by atoms with van der Waals surface area (Å²) in [5.74, 6) is -1.81. The summed E-state index contributed by atoms with van der Waals surface area (Å²) >= 11 is 0. The normalized spacial score (nSPS) is 14.5. The molecule has 0 radical (unpaired) electrons. The van der Waals surface area contributed by atoms with Crippen molar-refractivity contribution in [3.05, 3.63) is 29.6 Å². The van der Waals surface area contributed by atoms with Crippen LogP contribution in [0.2, 0.25) is 0 Å². The fraction of sp³-hybridized carbons (Fsp3) is 0.357. The Hall–Kier alpha value is -2.77. The van der Waals surface area contributed by atoms with Crippen LogP contribution < -0.4 is 0 Å². The number of carbonyl (C=O) groups excluding carboxylic acids is 3. The van der Waals surface area contributed by atoms with E-state index in [0.717, 1.165) is 4.90 Å². The lowest BCUT2D eigenvalue weighted by molar-refractivity contribution is -0.146. The molecule has 116 valence electrons. The van der Waals surface area contributed by atoms with Crippen LogP contribution in [0, 0.1) is 5.41 Å². The average Bonchev–Trinajstić information content (AvgIpc) is 2.79. The summed E-state index contributed by atoms with van der Waals surface area (Å²) in [6.07, 6.45) is 2.75. The van der Waals surface area contributed by atoms with Crippen LogP contribution in [0.25, 0.3) is 0 Å². The van der Waals surface area contributed by atoms with E-state index in [1.54, 1.807) is 0 Å². The van der Waals surface area contributed by atoms with E-state index in [9.17, 15) is 14.4 Å². The second kappa shape index (κ2) is 6.33. The molecule has 0 saturated carbocycles. The van der Waals surface area contributed by atoms with Gasteiger partial charge in [-0.2, -0.15) is 0 Å². The van der Waals surface area contributed by atoms with Crippen molar-refractivity contribution < 1.29 is 23.9 Å². The van der Waals surface area contributed by atoms with Gasteiger partial charge in [-0.1, -0.05) is 0 Å². The molecule has 2 rings (SSSR count). The number of carbonyl (C=O) groups is 3. The van der Waals surface area contributed by atoms with Crippen LogP contribution in [0.4, 0.5) is 0 Å². The number of methoxy groups -OCH3 is 2. The highest BCUT2D eigenvalue weighted by molar-refractivity contribution is 6.23. The fourth-order valence-electron chi connectivity index (χ4n) is 2.27. The smallest absolute Gasteiger partial charge is 0.329 e. The SMILES string of the molecule is COC(=O)CC[C@@H](C(=O)OC)N1C(=N)c2ccncc2C1=O. The number of amidine groups is 1. The molecule has 1 atom stereocenters. The predicted octanol–water partition coefficient (Wildman–Crippen LogP) is 0.358. The summed E-state index contributed by atoms with van der Waals surface area (Å²) in [4.78, 5) is 40.5. The Balaban J connectivity index is 2.29. The Morgan fingerprint density at radius 3 is 2.64 bits per heavy atom. The fourth-order valence-corrected chi connectivity index (χ4v) is 2.27. The van der Waals surface area contributed by atoms with E-state index in [4.69, 9.17) is 5.41 Å².